The van der Waals surface area contributed by atoms with Gasteiger partial charge in [0.25, 0.3) is 0 Å². The van der Waals surface area contributed by atoms with Crippen molar-refractivity contribution in [3.63, 3.8) is 0 Å². The summed E-state index contributed by atoms with van der Waals surface area (Å²) in [6.45, 7) is 1.63. The first kappa shape index (κ1) is 38.9. The Morgan fingerprint density at radius 2 is 1.49 bits per heavy atom. The van der Waals surface area contributed by atoms with Crippen molar-refractivity contribution < 1.29 is 33.9 Å². The highest BCUT2D eigenvalue weighted by atomic mass is 32.2. The Balaban J connectivity index is 1.35. The fraction of sp³-hybridized carbons (Fsp3) is 0.432. The Morgan fingerprint density at radius 3 is 2.25 bits per heavy atom. The summed E-state index contributed by atoms with van der Waals surface area (Å²) in [6, 6.07) is 6.99. The van der Waals surface area contributed by atoms with Crippen molar-refractivity contribution in [2.24, 2.45) is 16.5 Å². The summed E-state index contributed by atoms with van der Waals surface area (Å²) in [5.74, 6) is -3.46. The van der Waals surface area contributed by atoms with Crippen LogP contribution >= 0.6 is 11.8 Å². The second kappa shape index (κ2) is 17.1. The Kier molecular flexibility index (Phi) is 12.1. The van der Waals surface area contributed by atoms with Crippen molar-refractivity contribution in [2.75, 3.05) is 12.3 Å². The SMILES string of the molecule is C[C@@H]1NC(=O)[C@@H]2CS[C@H]3CC[C@H](NC(=O)[C@@H](Cc4ccc(O)cc4)NC(=O)[C@H](CCCN=C(N)N)NC(=O)[C@H](Cc4c[nH]c5ccccc45)NC1=O)C(=O)N32. The lowest BCUT2D eigenvalue weighted by Crippen LogP contribution is -2.63. The summed E-state index contributed by atoms with van der Waals surface area (Å²) in [4.78, 5) is 92.2. The molecule has 3 aliphatic heterocycles. The maximum atomic E-state index is 14.2. The third-order valence-electron chi connectivity index (χ3n) is 10.0. The minimum atomic E-state index is -1.21. The molecule has 0 spiro atoms. The molecule has 3 fully saturated rings. The lowest BCUT2D eigenvalue weighted by molar-refractivity contribution is -0.146. The van der Waals surface area contributed by atoms with E-state index in [1.807, 2.05) is 24.3 Å². The summed E-state index contributed by atoms with van der Waals surface area (Å²) in [6.07, 6.45) is 2.89. The minimum Gasteiger partial charge on any atom is -0.508 e. The van der Waals surface area contributed by atoms with Gasteiger partial charge in [-0.05, 0) is 61.9 Å². The number of para-hydroxylation sites is 1. The molecule has 292 valence electrons. The number of carbonyl (C=O) groups is 6. The maximum absolute atomic E-state index is 14.2. The number of nitrogens with zero attached hydrogens (tertiary/aromatic N) is 2. The predicted molar refractivity (Wildman–Crippen MR) is 205 cm³/mol. The zero-order chi connectivity index (χ0) is 39.2. The van der Waals surface area contributed by atoms with Crippen LogP contribution < -0.4 is 38.1 Å². The van der Waals surface area contributed by atoms with Crippen LogP contribution in [0.4, 0.5) is 0 Å². The second-order valence-corrected chi connectivity index (χ2v) is 15.2. The molecule has 11 N–H and O–H groups in total. The highest BCUT2D eigenvalue weighted by molar-refractivity contribution is 8.00. The number of phenolic OH excluding ortho intramolecular Hbond substituents is 1. The quantitative estimate of drug-likeness (QED) is 0.0784. The van der Waals surface area contributed by atoms with Gasteiger partial charge in [-0.15, -0.1) is 11.8 Å². The molecule has 0 saturated carbocycles. The molecule has 4 heterocycles. The van der Waals surface area contributed by atoms with Gasteiger partial charge in [0.2, 0.25) is 35.4 Å². The van der Waals surface area contributed by atoms with Gasteiger partial charge in [0.1, 0.15) is 42.0 Å². The van der Waals surface area contributed by atoms with Gasteiger partial charge in [0, 0.05) is 42.2 Å². The Labute approximate surface area is 321 Å². The standard InChI is InChI=1S/C37H46N10O7S/c1-19-31(49)45-28(16-21-17-41-24-6-3-2-5-23(21)24)34(52)43-25(7-4-14-40-37(38)39)32(50)46-27(15-20-8-10-22(48)11-9-20)33(51)44-26-12-13-30-47(36(26)54)29(18-55-30)35(53)42-19/h2-3,5-6,8-11,17,19,25-30,41,48H,4,7,12-16,18H2,1H3,(H,42,53)(H,43,52)(H,44,51)(H,45,49)(H,46,50)(H4,38,39,40)/t19-,25-,26-,27+,28-,29-,30-/m0/s1. The molecule has 2 bridgehead atoms. The third-order valence-corrected chi connectivity index (χ3v) is 11.4. The van der Waals surface area contributed by atoms with E-state index in [-0.39, 0.29) is 49.3 Å². The first-order chi connectivity index (χ1) is 26.4. The van der Waals surface area contributed by atoms with Crippen LogP contribution in [0.2, 0.25) is 0 Å². The van der Waals surface area contributed by atoms with Crippen molar-refractivity contribution in [1.29, 1.82) is 0 Å². The van der Waals surface area contributed by atoms with Crippen LogP contribution in [0.15, 0.2) is 59.7 Å². The van der Waals surface area contributed by atoms with E-state index in [9.17, 15) is 33.9 Å². The molecular formula is C37H46N10O7S. The van der Waals surface area contributed by atoms with E-state index in [1.54, 1.807) is 18.3 Å². The van der Waals surface area contributed by atoms with Crippen molar-refractivity contribution in [1.82, 2.24) is 36.5 Å². The van der Waals surface area contributed by atoms with E-state index in [1.165, 1.54) is 35.7 Å². The Morgan fingerprint density at radius 1 is 0.818 bits per heavy atom. The average molecular weight is 775 g/mol. The largest absolute Gasteiger partial charge is 0.508 e. The maximum Gasteiger partial charge on any atom is 0.246 e. The molecule has 3 aliphatic rings. The number of aliphatic imine (C=N–C) groups is 1. The first-order valence-electron chi connectivity index (χ1n) is 18.2. The van der Waals surface area contributed by atoms with Gasteiger partial charge in [-0.25, -0.2) is 0 Å². The number of hydrogen-bond donors (Lipinski definition) is 9. The van der Waals surface area contributed by atoms with Crippen molar-refractivity contribution >= 4 is 64.1 Å². The number of amides is 6. The van der Waals surface area contributed by atoms with E-state index in [2.05, 4.69) is 36.6 Å². The second-order valence-electron chi connectivity index (χ2n) is 14.0. The molecule has 0 unspecified atom stereocenters. The van der Waals surface area contributed by atoms with E-state index < -0.39 is 71.7 Å². The number of piperidine rings is 1. The van der Waals surface area contributed by atoms with E-state index >= 15 is 0 Å². The number of rotatable bonds is 8. The lowest BCUT2D eigenvalue weighted by Gasteiger charge is -2.37. The zero-order valence-corrected chi connectivity index (χ0v) is 31.1. The van der Waals surface area contributed by atoms with Crippen LogP contribution in [0, 0.1) is 0 Å². The van der Waals surface area contributed by atoms with Crippen LogP contribution in [0.5, 0.6) is 5.75 Å². The molecule has 7 atom stereocenters. The van der Waals surface area contributed by atoms with Crippen LogP contribution in [0.25, 0.3) is 10.9 Å². The topological polar surface area (TPSA) is 266 Å². The summed E-state index contributed by atoms with van der Waals surface area (Å²) < 4.78 is 0. The number of guanidine groups is 1. The number of aromatic hydroxyl groups is 1. The highest BCUT2D eigenvalue weighted by Crippen LogP contribution is 2.36. The summed E-state index contributed by atoms with van der Waals surface area (Å²) in [7, 11) is 0. The van der Waals surface area contributed by atoms with Gasteiger partial charge in [-0.1, -0.05) is 30.3 Å². The van der Waals surface area contributed by atoms with Crippen molar-refractivity contribution in [3.05, 3.63) is 65.9 Å². The molecule has 17 nitrogen and oxygen atoms in total. The van der Waals surface area contributed by atoms with Crippen LogP contribution in [0.3, 0.4) is 0 Å². The third kappa shape index (κ3) is 9.30. The summed E-state index contributed by atoms with van der Waals surface area (Å²) in [5, 5.41) is 24.3. The van der Waals surface area contributed by atoms with Crippen molar-refractivity contribution in [2.45, 2.75) is 87.1 Å². The number of nitrogens with one attached hydrogen (secondary N) is 6. The van der Waals surface area contributed by atoms with Gasteiger partial charge >= 0.3 is 0 Å². The molecule has 0 aliphatic carbocycles. The van der Waals surface area contributed by atoms with Gasteiger partial charge < -0.3 is 53.0 Å². The van der Waals surface area contributed by atoms with E-state index in [0.717, 1.165) is 16.5 Å². The van der Waals surface area contributed by atoms with E-state index in [0.29, 0.717) is 24.2 Å². The molecule has 6 amide bonds. The lowest BCUT2D eigenvalue weighted by atomic mass is 9.99. The molecule has 55 heavy (non-hydrogen) atoms. The molecule has 3 aromatic rings. The number of hydrogen-bond acceptors (Lipinski definition) is 9. The smallest absolute Gasteiger partial charge is 0.246 e. The normalized spacial score (nSPS) is 26.6. The number of carbonyl (C=O) groups excluding carboxylic acids is 6. The van der Waals surface area contributed by atoms with Gasteiger partial charge in [-0.3, -0.25) is 33.8 Å². The Hall–Kier alpha value is -5.78. The highest BCUT2D eigenvalue weighted by Gasteiger charge is 2.48. The van der Waals surface area contributed by atoms with E-state index in [4.69, 9.17) is 11.5 Å². The molecule has 2 aromatic carbocycles. The molecule has 3 saturated heterocycles. The summed E-state index contributed by atoms with van der Waals surface area (Å²) >= 11 is 1.45. The minimum absolute atomic E-state index is 0.0126. The molecular weight excluding hydrogens is 729 g/mol. The number of aromatic amines is 1. The number of fused-ring (bicyclic) bond motifs is 2. The molecule has 6 rings (SSSR count). The number of benzene rings is 2. The number of phenols is 1. The molecule has 1 aromatic heterocycles. The molecule has 0 radical (unpaired) electrons. The number of nitrogens with two attached hydrogens (primary N) is 2. The van der Waals surface area contributed by atoms with Gasteiger partial charge in [0.05, 0.1) is 5.37 Å². The van der Waals surface area contributed by atoms with Crippen molar-refractivity contribution in [3.8, 4) is 5.75 Å². The van der Waals surface area contributed by atoms with Gasteiger partial charge in [-0.2, -0.15) is 0 Å². The number of H-pyrrole nitrogens is 1. The first-order valence-corrected chi connectivity index (χ1v) is 19.3. The zero-order valence-electron chi connectivity index (χ0n) is 30.2. The summed E-state index contributed by atoms with van der Waals surface area (Å²) in [5.41, 5.74) is 13.2. The number of thioether (sulfide) groups is 1. The average Bonchev–Trinajstić information content (AvgIpc) is 3.78. The Bertz CT molecular complexity index is 1970. The predicted octanol–water partition coefficient (Wildman–Crippen LogP) is -0.766. The van der Waals surface area contributed by atoms with Gasteiger partial charge in [0.15, 0.2) is 5.96 Å². The fourth-order valence-electron chi connectivity index (χ4n) is 7.10. The van der Waals surface area contributed by atoms with Crippen LogP contribution in [0.1, 0.15) is 43.7 Å². The number of aromatic nitrogens is 1. The monoisotopic (exact) mass is 774 g/mol. The van der Waals surface area contributed by atoms with Crippen LogP contribution in [-0.4, -0.2) is 110 Å². The fourth-order valence-corrected chi connectivity index (χ4v) is 8.53. The molecule has 18 heteroatoms. The van der Waals surface area contributed by atoms with Crippen LogP contribution in [-0.2, 0) is 41.6 Å².